The van der Waals surface area contributed by atoms with Gasteiger partial charge in [-0.3, -0.25) is 9.69 Å². The quantitative estimate of drug-likeness (QED) is 0.294. The summed E-state index contributed by atoms with van der Waals surface area (Å²) in [7, 11) is 3.65. The van der Waals surface area contributed by atoms with Gasteiger partial charge in [0.2, 0.25) is 0 Å². The van der Waals surface area contributed by atoms with Crippen LogP contribution in [0, 0.1) is 0 Å². The highest BCUT2D eigenvalue weighted by Crippen LogP contribution is 2.39. The fourth-order valence-corrected chi connectivity index (χ4v) is 6.25. The zero-order chi connectivity index (χ0) is 31.7. The van der Waals surface area contributed by atoms with E-state index >= 15 is 0 Å². The minimum absolute atomic E-state index is 0.146. The van der Waals surface area contributed by atoms with E-state index in [9.17, 15) is 18.0 Å². The normalized spacial score (nSPS) is 19.8. The molecule has 3 heterocycles. The number of carbonyl (C=O) groups is 1. The Balaban J connectivity index is 1.22. The number of fused-ring (bicyclic) bond motifs is 1. The van der Waals surface area contributed by atoms with Crippen LogP contribution >= 0.6 is 0 Å². The Hall–Kier alpha value is -4.43. The number of nitrogens with zero attached hydrogens (tertiary/aromatic N) is 6. The number of ether oxygens (including phenoxy) is 2. The number of likely N-dealkylation sites (N-methyl/N-ethyl adjacent to an activating group) is 1. The lowest BCUT2D eigenvalue weighted by atomic mass is 9.90. The number of methoxy groups -OCH3 is 1. The van der Waals surface area contributed by atoms with Gasteiger partial charge in [0.1, 0.15) is 29.3 Å². The molecule has 1 aliphatic carbocycles. The average molecular weight is 625 g/mol. The molecule has 238 valence electrons. The fraction of sp³-hybridized carbons (Fsp3) is 0.419. The first-order valence-electron chi connectivity index (χ1n) is 14.9. The number of halogens is 3. The van der Waals surface area contributed by atoms with Crippen molar-refractivity contribution in [2.24, 2.45) is 0 Å². The second-order valence-corrected chi connectivity index (χ2v) is 11.5. The maximum absolute atomic E-state index is 12.9. The average Bonchev–Trinajstić information content (AvgIpc) is 3.42. The van der Waals surface area contributed by atoms with Gasteiger partial charge < -0.3 is 25.4 Å². The zero-order valence-electron chi connectivity index (χ0n) is 25.0. The first-order chi connectivity index (χ1) is 21.6. The Labute approximate surface area is 258 Å². The van der Waals surface area contributed by atoms with Crippen LogP contribution in [-0.2, 0) is 0 Å². The molecule has 1 amide bonds. The third-order valence-electron chi connectivity index (χ3n) is 8.66. The highest BCUT2D eigenvalue weighted by Gasteiger charge is 2.32. The van der Waals surface area contributed by atoms with E-state index in [2.05, 4.69) is 36.9 Å². The summed E-state index contributed by atoms with van der Waals surface area (Å²) in [5, 5.41) is 8.42. The van der Waals surface area contributed by atoms with Gasteiger partial charge in [0.15, 0.2) is 5.65 Å². The molecule has 0 radical (unpaired) electrons. The molecule has 11 nitrogen and oxygen atoms in total. The monoisotopic (exact) mass is 624 g/mol. The van der Waals surface area contributed by atoms with Crippen molar-refractivity contribution in [2.75, 3.05) is 51.4 Å². The number of carbonyl (C=O) groups excluding carboxylic acids is 1. The maximum atomic E-state index is 12.9. The molecule has 0 atom stereocenters. The second-order valence-electron chi connectivity index (χ2n) is 11.5. The molecule has 3 N–H and O–H groups in total. The Morgan fingerprint density at radius 2 is 1.67 bits per heavy atom. The maximum Gasteiger partial charge on any atom is 0.573 e. The van der Waals surface area contributed by atoms with Crippen LogP contribution in [0.3, 0.4) is 0 Å². The number of nitrogens with one attached hydrogen (secondary N) is 1. The summed E-state index contributed by atoms with van der Waals surface area (Å²) in [6.07, 6.45) is 0.776. The number of benzene rings is 2. The van der Waals surface area contributed by atoms with Crippen molar-refractivity contribution in [1.29, 1.82) is 0 Å². The summed E-state index contributed by atoms with van der Waals surface area (Å²) in [5.41, 5.74) is 8.88. The summed E-state index contributed by atoms with van der Waals surface area (Å²) < 4.78 is 48.9. The minimum Gasteiger partial charge on any atom is -0.495 e. The molecule has 2 aromatic carbocycles. The van der Waals surface area contributed by atoms with E-state index in [0.717, 1.165) is 64.0 Å². The molecule has 1 saturated carbocycles. The van der Waals surface area contributed by atoms with Crippen molar-refractivity contribution in [3.05, 3.63) is 54.4 Å². The molecule has 1 saturated heterocycles. The Bertz CT molecular complexity index is 1660. The van der Waals surface area contributed by atoms with Crippen LogP contribution in [0.5, 0.6) is 11.5 Å². The Morgan fingerprint density at radius 3 is 2.33 bits per heavy atom. The Kier molecular flexibility index (Phi) is 8.51. The van der Waals surface area contributed by atoms with E-state index in [1.54, 1.807) is 18.2 Å². The number of hydrogen-bond acceptors (Lipinski definition) is 9. The van der Waals surface area contributed by atoms with Gasteiger partial charge >= 0.3 is 6.36 Å². The summed E-state index contributed by atoms with van der Waals surface area (Å²) >= 11 is 0. The van der Waals surface area contributed by atoms with E-state index < -0.39 is 18.0 Å². The van der Waals surface area contributed by atoms with Gasteiger partial charge in [0, 0.05) is 43.3 Å². The number of nitrogens with two attached hydrogens (primary N) is 1. The highest BCUT2D eigenvalue weighted by atomic mass is 19.4. The lowest BCUT2D eigenvalue weighted by molar-refractivity contribution is -0.274. The van der Waals surface area contributed by atoms with Gasteiger partial charge in [-0.2, -0.15) is 5.10 Å². The van der Waals surface area contributed by atoms with Crippen LogP contribution in [0.1, 0.15) is 42.1 Å². The van der Waals surface area contributed by atoms with Crippen LogP contribution in [0.4, 0.5) is 24.7 Å². The third kappa shape index (κ3) is 6.66. The number of rotatable bonds is 7. The molecule has 0 unspecified atom stereocenters. The van der Waals surface area contributed by atoms with Gasteiger partial charge in [-0.1, -0.05) is 6.07 Å². The molecule has 2 aromatic heterocycles. The van der Waals surface area contributed by atoms with Crippen LogP contribution in [-0.4, -0.2) is 88.2 Å². The minimum atomic E-state index is -4.82. The summed E-state index contributed by atoms with van der Waals surface area (Å²) in [6.45, 7) is 4.41. The first-order valence-corrected chi connectivity index (χ1v) is 14.9. The van der Waals surface area contributed by atoms with Gasteiger partial charge in [-0.25, -0.2) is 14.6 Å². The molecule has 1 aliphatic heterocycles. The molecule has 45 heavy (non-hydrogen) atoms. The van der Waals surface area contributed by atoms with Crippen molar-refractivity contribution < 1.29 is 27.4 Å². The number of hydrogen-bond donors (Lipinski definition) is 2. The third-order valence-corrected chi connectivity index (χ3v) is 8.66. The topological polar surface area (TPSA) is 124 Å². The highest BCUT2D eigenvalue weighted by molar-refractivity contribution is 6.05. The summed E-state index contributed by atoms with van der Waals surface area (Å²) in [5.74, 6) is -0.261. The number of alkyl halides is 3. The van der Waals surface area contributed by atoms with E-state index in [1.165, 1.54) is 25.6 Å². The largest absolute Gasteiger partial charge is 0.573 e. The number of amides is 1. The number of aromatic nitrogens is 4. The molecule has 2 aliphatic rings. The number of nitrogen functional groups attached to an aromatic ring is 1. The first kappa shape index (κ1) is 30.6. The van der Waals surface area contributed by atoms with Crippen molar-refractivity contribution in [3.8, 4) is 22.8 Å². The van der Waals surface area contributed by atoms with Crippen molar-refractivity contribution in [1.82, 2.24) is 29.5 Å². The van der Waals surface area contributed by atoms with Gasteiger partial charge in [0.05, 0.1) is 24.2 Å². The van der Waals surface area contributed by atoms with Gasteiger partial charge in [0.25, 0.3) is 5.91 Å². The Morgan fingerprint density at radius 1 is 0.978 bits per heavy atom. The number of anilines is 2. The van der Waals surface area contributed by atoms with Crippen LogP contribution < -0.4 is 20.5 Å². The van der Waals surface area contributed by atoms with E-state index in [-0.39, 0.29) is 11.6 Å². The molecule has 0 bridgehead atoms. The van der Waals surface area contributed by atoms with Gasteiger partial charge in [-0.15, -0.1) is 13.2 Å². The molecule has 6 rings (SSSR count). The van der Waals surface area contributed by atoms with E-state index in [1.807, 2.05) is 4.68 Å². The molecule has 0 spiro atoms. The molecule has 14 heteroatoms. The van der Waals surface area contributed by atoms with Crippen LogP contribution in [0.15, 0.2) is 48.8 Å². The molecular weight excluding hydrogens is 589 g/mol. The molecular formula is C31H35F3N8O3. The smallest absolute Gasteiger partial charge is 0.495 e. The van der Waals surface area contributed by atoms with E-state index in [4.69, 9.17) is 15.6 Å². The van der Waals surface area contributed by atoms with E-state index in [0.29, 0.717) is 45.6 Å². The van der Waals surface area contributed by atoms with Crippen molar-refractivity contribution in [3.63, 3.8) is 0 Å². The SMILES string of the molecule is COc1cc(-c2nn([C@H]3CC[C@H](N4CCN(C)CC4)CC3)c3ncnc(N)c23)ccc1NC(=O)c1ccc(OC(F)(F)F)cc1. The zero-order valence-corrected chi connectivity index (χ0v) is 25.0. The predicted octanol–water partition coefficient (Wildman–Crippen LogP) is 4.97. The van der Waals surface area contributed by atoms with Crippen LogP contribution in [0.25, 0.3) is 22.3 Å². The summed E-state index contributed by atoms with van der Waals surface area (Å²) in [4.78, 5) is 26.7. The number of piperazine rings is 1. The summed E-state index contributed by atoms with van der Waals surface area (Å²) in [6, 6.07) is 10.6. The lowest BCUT2D eigenvalue weighted by Gasteiger charge is -2.41. The van der Waals surface area contributed by atoms with Crippen molar-refractivity contribution >= 4 is 28.4 Å². The predicted molar refractivity (Wildman–Crippen MR) is 163 cm³/mol. The van der Waals surface area contributed by atoms with Crippen LogP contribution in [0.2, 0.25) is 0 Å². The lowest BCUT2D eigenvalue weighted by Crippen LogP contribution is -2.49. The second kappa shape index (κ2) is 12.5. The molecule has 4 aromatic rings. The standard InChI is InChI=1S/C31H35F3N8O3/c1-40-13-15-41(16-14-40)21-6-8-22(9-7-21)42-29-26(28(35)36-18-37-29)27(39-42)20-5-12-24(25(17-20)44-2)38-30(43)19-3-10-23(11-4-19)45-31(32,33)34/h3-5,10-12,17-18,21-22H,6-9,13-16H2,1-2H3,(H,38,43)(H2,35,36,37)/t21-,22-. The van der Waals surface area contributed by atoms with Crippen molar-refractivity contribution in [2.45, 2.75) is 44.1 Å². The van der Waals surface area contributed by atoms with Gasteiger partial charge in [-0.05, 0) is 69.1 Å². The fourth-order valence-electron chi connectivity index (χ4n) is 6.25. The molecule has 2 fully saturated rings.